The third-order valence-electron chi connectivity index (χ3n) is 3.52. The van der Waals surface area contributed by atoms with Crippen molar-refractivity contribution in [2.75, 3.05) is 18.8 Å². The van der Waals surface area contributed by atoms with Crippen LogP contribution in [0.2, 0.25) is 0 Å². The predicted octanol–water partition coefficient (Wildman–Crippen LogP) is 2.09. The Balaban J connectivity index is 2.25. The number of hydrogen-bond acceptors (Lipinski definition) is 4. The van der Waals surface area contributed by atoms with Crippen molar-refractivity contribution in [3.05, 3.63) is 29.8 Å². The summed E-state index contributed by atoms with van der Waals surface area (Å²) in [6.07, 6.45) is 0.844. The second kappa shape index (κ2) is 6.05. The Bertz CT molecular complexity index is 570. The lowest BCUT2D eigenvalue weighted by Crippen LogP contribution is -2.33. The molecule has 1 heterocycles. The smallest absolute Gasteiger partial charge is 0.243 e. The Morgan fingerprint density at radius 3 is 2.80 bits per heavy atom. The van der Waals surface area contributed by atoms with Gasteiger partial charge in [0.05, 0.1) is 11.5 Å². The monoisotopic (exact) mass is 315 g/mol. The summed E-state index contributed by atoms with van der Waals surface area (Å²) < 4.78 is 27.0. The maximum Gasteiger partial charge on any atom is 0.243 e. The maximum absolute atomic E-state index is 12.7. The topological polar surface area (TPSA) is 57.6 Å². The minimum absolute atomic E-state index is 0.122. The number of thioether (sulfide) groups is 1. The van der Waals surface area contributed by atoms with Crippen LogP contribution in [0.5, 0.6) is 0 Å². The molecule has 0 saturated carbocycles. The molecule has 1 aliphatic heterocycles. The number of rotatable bonds is 3. The predicted molar refractivity (Wildman–Crippen MR) is 82.3 cm³/mol. The molecule has 0 unspecified atom stereocenters. The van der Waals surface area contributed by atoms with Crippen molar-refractivity contribution in [3.8, 4) is 0 Å². The highest BCUT2D eigenvalue weighted by Crippen LogP contribution is 2.32. The summed E-state index contributed by atoms with van der Waals surface area (Å²) in [4.78, 5) is 0.272. The molecule has 1 aromatic rings. The lowest BCUT2D eigenvalue weighted by Gasteiger charge is -2.22. The summed E-state index contributed by atoms with van der Waals surface area (Å²) in [5.41, 5.74) is 0.621. The quantitative estimate of drug-likeness (QED) is 0.928. The van der Waals surface area contributed by atoms with Crippen molar-refractivity contribution in [1.29, 1.82) is 0 Å². The first-order chi connectivity index (χ1) is 9.35. The average molecular weight is 315 g/mol. The van der Waals surface area contributed by atoms with Gasteiger partial charge in [0.15, 0.2) is 0 Å². The first-order valence-corrected chi connectivity index (χ1v) is 9.12. The first-order valence-electron chi connectivity index (χ1n) is 6.69. The Hall–Kier alpha value is -0.560. The molecule has 0 bridgehead atoms. The molecule has 1 fully saturated rings. The van der Waals surface area contributed by atoms with Gasteiger partial charge in [0.25, 0.3) is 0 Å². The number of aliphatic hydroxyl groups excluding tert-OH is 1. The zero-order valence-corrected chi connectivity index (χ0v) is 13.5. The molecule has 0 radical (unpaired) electrons. The molecular formula is C14H21NO3S2. The zero-order valence-electron chi connectivity index (χ0n) is 11.9. The molecular weight excluding hydrogens is 294 g/mol. The molecule has 4 nitrogen and oxygen atoms in total. The maximum atomic E-state index is 12.7. The third kappa shape index (κ3) is 3.55. The van der Waals surface area contributed by atoms with Gasteiger partial charge in [-0.15, -0.1) is 0 Å². The summed E-state index contributed by atoms with van der Waals surface area (Å²) in [6.45, 7) is 5.25. The van der Waals surface area contributed by atoms with Gasteiger partial charge in [-0.25, -0.2) is 8.42 Å². The molecule has 0 aromatic heterocycles. The van der Waals surface area contributed by atoms with Crippen molar-refractivity contribution in [1.82, 2.24) is 4.31 Å². The summed E-state index contributed by atoms with van der Waals surface area (Å²) in [5, 5.41) is 9.14. The van der Waals surface area contributed by atoms with Crippen LogP contribution in [0.25, 0.3) is 0 Å². The van der Waals surface area contributed by atoms with Gasteiger partial charge in [-0.2, -0.15) is 16.1 Å². The van der Waals surface area contributed by atoms with E-state index in [4.69, 9.17) is 5.11 Å². The molecule has 0 aliphatic carbocycles. The van der Waals surface area contributed by atoms with Crippen molar-refractivity contribution in [3.63, 3.8) is 0 Å². The molecule has 2 rings (SSSR count). The summed E-state index contributed by atoms with van der Waals surface area (Å²) in [6, 6.07) is 6.55. The fourth-order valence-corrected chi connectivity index (χ4v) is 4.92. The van der Waals surface area contributed by atoms with Crippen LogP contribution in [0, 0.1) is 0 Å². The van der Waals surface area contributed by atoms with Gasteiger partial charge >= 0.3 is 0 Å². The molecule has 1 aliphatic rings. The van der Waals surface area contributed by atoms with Gasteiger partial charge < -0.3 is 5.11 Å². The molecule has 1 aromatic carbocycles. The second-order valence-corrected chi connectivity index (χ2v) is 9.31. The summed E-state index contributed by atoms with van der Waals surface area (Å²) in [7, 11) is -3.46. The lowest BCUT2D eigenvalue weighted by atomic mass is 10.1. The molecule has 112 valence electrons. The van der Waals surface area contributed by atoms with Crippen LogP contribution < -0.4 is 0 Å². The van der Waals surface area contributed by atoms with Gasteiger partial charge in [0.2, 0.25) is 10.0 Å². The van der Waals surface area contributed by atoms with E-state index in [1.54, 1.807) is 28.6 Å². The Labute approximate surface area is 125 Å². The van der Waals surface area contributed by atoms with E-state index in [-0.39, 0.29) is 16.2 Å². The Kier molecular flexibility index (Phi) is 4.79. The van der Waals surface area contributed by atoms with Crippen molar-refractivity contribution in [2.45, 2.75) is 36.5 Å². The highest BCUT2D eigenvalue weighted by atomic mass is 32.2. The molecule has 0 amide bonds. The minimum Gasteiger partial charge on any atom is -0.392 e. The van der Waals surface area contributed by atoms with E-state index in [2.05, 4.69) is 13.8 Å². The van der Waals surface area contributed by atoms with E-state index in [0.717, 1.165) is 12.2 Å². The van der Waals surface area contributed by atoms with Crippen molar-refractivity contribution >= 4 is 21.8 Å². The number of benzene rings is 1. The molecule has 1 saturated heterocycles. The van der Waals surface area contributed by atoms with E-state index < -0.39 is 10.0 Å². The fourth-order valence-electron chi connectivity index (χ4n) is 2.20. The molecule has 20 heavy (non-hydrogen) atoms. The number of nitrogens with zero attached hydrogens (tertiary/aromatic N) is 1. The number of hydrogen-bond donors (Lipinski definition) is 1. The largest absolute Gasteiger partial charge is 0.392 e. The minimum atomic E-state index is -3.46. The van der Waals surface area contributed by atoms with E-state index in [1.165, 1.54) is 0 Å². The highest BCUT2D eigenvalue weighted by Gasteiger charge is 2.30. The van der Waals surface area contributed by atoms with E-state index in [1.807, 2.05) is 11.8 Å². The Morgan fingerprint density at radius 2 is 2.10 bits per heavy atom. The normalized spacial score (nSPS) is 20.6. The fraction of sp³-hybridized carbons (Fsp3) is 0.571. The van der Waals surface area contributed by atoms with Crippen LogP contribution in [-0.4, -0.2) is 41.4 Å². The van der Waals surface area contributed by atoms with Crippen LogP contribution in [0.1, 0.15) is 25.8 Å². The average Bonchev–Trinajstić information content (AvgIpc) is 2.60. The van der Waals surface area contributed by atoms with Crippen LogP contribution in [0.3, 0.4) is 0 Å². The van der Waals surface area contributed by atoms with E-state index >= 15 is 0 Å². The zero-order chi connectivity index (χ0) is 14.8. The standard InChI is InChI=1S/C14H21NO3S2/c1-14(2)6-7-15(8-9-19-14)20(17,18)13-5-3-4-12(10-13)11-16/h3-5,10,16H,6-9,11H2,1-2H3. The van der Waals surface area contributed by atoms with E-state index in [0.29, 0.717) is 18.7 Å². The van der Waals surface area contributed by atoms with Crippen molar-refractivity contribution in [2.24, 2.45) is 0 Å². The van der Waals surface area contributed by atoms with Crippen LogP contribution in [0.4, 0.5) is 0 Å². The van der Waals surface area contributed by atoms with Crippen LogP contribution >= 0.6 is 11.8 Å². The summed E-state index contributed by atoms with van der Waals surface area (Å²) in [5.74, 6) is 0.811. The first kappa shape index (κ1) is 15.8. The van der Waals surface area contributed by atoms with Gasteiger partial charge in [0, 0.05) is 23.6 Å². The van der Waals surface area contributed by atoms with Crippen LogP contribution in [0.15, 0.2) is 29.2 Å². The molecule has 1 N–H and O–H groups in total. The third-order valence-corrected chi connectivity index (χ3v) is 6.78. The van der Waals surface area contributed by atoms with E-state index in [9.17, 15) is 8.42 Å². The van der Waals surface area contributed by atoms with Gasteiger partial charge in [0.1, 0.15) is 0 Å². The molecule has 0 atom stereocenters. The molecule has 0 spiro atoms. The SMILES string of the molecule is CC1(C)CCN(S(=O)(=O)c2cccc(CO)c2)CCS1. The van der Waals surface area contributed by atoms with Gasteiger partial charge in [-0.1, -0.05) is 26.0 Å². The number of sulfonamides is 1. The van der Waals surface area contributed by atoms with Crippen LogP contribution in [-0.2, 0) is 16.6 Å². The van der Waals surface area contributed by atoms with Gasteiger partial charge in [-0.05, 0) is 24.1 Å². The number of aliphatic hydroxyl groups is 1. The second-order valence-electron chi connectivity index (χ2n) is 5.57. The lowest BCUT2D eigenvalue weighted by molar-refractivity contribution is 0.281. The highest BCUT2D eigenvalue weighted by molar-refractivity contribution is 8.00. The van der Waals surface area contributed by atoms with Gasteiger partial charge in [-0.3, -0.25) is 0 Å². The van der Waals surface area contributed by atoms with Crippen molar-refractivity contribution < 1.29 is 13.5 Å². The molecule has 6 heteroatoms. The Morgan fingerprint density at radius 1 is 1.35 bits per heavy atom. The summed E-state index contributed by atoms with van der Waals surface area (Å²) >= 11 is 1.82.